The maximum atomic E-state index is 10.7. The van der Waals surface area contributed by atoms with Crippen LogP contribution in [0.4, 0.5) is 5.82 Å². The molecular weight excluding hydrogens is 346 g/mol. The highest BCUT2D eigenvalue weighted by Gasteiger charge is 2.66. The summed E-state index contributed by atoms with van der Waals surface area (Å²) in [5, 5.41) is 10.7. The van der Waals surface area contributed by atoms with Crippen LogP contribution < -0.4 is 10.5 Å². The molecule has 0 unspecified atom stereocenters. The molecule has 2 heterocycles. The van der Waals surface area contributed by atoms with Crippen LogP contribution in [0.2, 0.25) is 0 Å². The monoisotopic (exact) mass is 367 g/mol. The van der Waals surface area contributed by atoms with Gasteiger partial charge in [0.15, 0.2) is 11.5 Å². The molecule has 2 aromatic heterocycles. The number of methoxy groups -OCH3 is 1. The van der Waals surface area contributed by atoms with Crippen LogP contribution in [0, 0.1) is 5.92 Å². The number of imidazole rings is 1. The fourth-order valence-corrected chi connectivity index (χ4v) is 4.27. The van der Waals surface area contributed by atoms with E-state index in [9.17, 15) is 5.11 Å². The lowest BCUT2D eigenvalue weighted by molar-refractivity contribution is -0.00134. The number of ether oxygens (including phenoxy) is 2. The smallest absolute Gasteiger partial charge is 0.165 e. The lowest BCUT2D eigenvalue weighted by atomic mass is 10.1. The molecule has 4 atom stereocenters. The number of hydrogen-bond acceptors (Lipinski definition) is 7. The first-order valence-corrected chi connectivity index (χ1v) is 8.99. The molecule has 1 aromatic carbocycles. The van der Waals surface area contributed by atoms with Gasteiger partial charge in [-0.25, -0.2) is 15.0 Å². The summed E-state index contributed by atoms with van der Waals surface area (Å²) in [7, 11) is 1.65. The molecule has 2 saturated carbocycles. The average Bonchev–Trinajstić information content (AvgIpc) is 3.01. The largest absolute Gasteiger partial charge is 0.497 e. The summed E-state index contributed by atoms with van der Waals surface area (Å²) in [6.07, 6.45) is 4.44. The predicted octanol–water partition coefficient (Wildman–Crippen LogP) is 1.70. The van der Waals surface area contributed by atoms with Gasteiger partial charge in [0.1, 0.15) is 17.6 Å². The summed E-state index contributed by atoms with van der Waals surface area (Å²) in [4.78, 5) is 12.7. The molecule has 0 radical (unpaired) electrons. The molecule has 3 aromatic rings. The van der Waals surface area contributed by atoms with Crippen molar-refractivity contribution in [3.05, 3.63) is 42.5 Å². The van der Waals surface area contributed by atoms with Crippen LogP contribution in [-0.4, -0.2) is 43.4 Å². The van der Waals surface area contributed by atoms with Gasteiger partial charge in [0.05, 0.1) is 37.8 Å². The molecule has 8 heteroatoms. The second-order valence-electron chi connectivity index (χ2n) is 7.39. The lowest BCUT2D eigenvalue weighted by Crippen LogP contribution is -2.25. The van der Waals surface area contributed by atoms with Gasteiger partial charge in [0.25, 0.3) is 0 Å². The minimum Gasteiger partial charge on any atom is -0.497 e. The number of nitrogens with two attached hydrogens (primary N) is 1. The van der Waals surface area contributed by atoms with E-state index in [2.05, 4.69) is 15.0 Å². The van der Waals surface area contributed by atoms with E-state index in [0.29, 0.717) is 30.0 Å². The van der Waals surface area contributed by atoms with Crippen molar-refractivity contribution in [2.45, 2.75) is 37.2 Å². The standard InChI is InChI=1S/C19H21N5O3/c1-26-12-4-2-11(3-5-12)8-27-14-7-19(25)6-13(19)16(14)24-10-23-15-17(20)21-9-22-18(15)24/h2-5,9-10,13-14,16,25H,6-8H2,1H3,(H2,20,21,22)/t13-,14+,16-,19-/m1/s1. The molecule has 0 bridgehead atoms. The normalized spacial score (nSPS) is 29.0. The Morgan fingerprint density at radius 3 is 2.81 bits per heavy atom. The number of rotatable bonds is 5. The van der Waals surface area contributed by atoms with Crippen molar-refractivity contribution in [3.63, 3.8) is 0 Å². The van der Waals surface area contributed by atoms with E-state index in [-0.39, 0.29) is 18.1 Å². The van der Waals surface area contributed by atoms with Crippen LogP contribution in [0.15, 0.2) is 36.9 Å². The summed E-state index contributed by atoms with van der Waals surface area (Å²) in [6.45, 7) is 0.470. The molecule has 0 saturated heterocycles. The van der Waals surface area contributed by atoms with Gasteiger partial charge in [-0.2, -0.15) is 0 Å². The molecule has 2 fully saturated rings. The molecule has 2 aliphatic rings. The molecule has 140 valence electrons. The Kier molecular flexibility index (Phi) is 3.60. The van der Waals surface area contributed by atoms with Crippen LogP contribution in [0.25, 0.3) is 11.2 Å². The Bertz CT molecular complexity index is 989. The number of benzene rings is 1. The van der Waals surface area contributed by atoms with E-state index in [0.717, 1.165) is 17.7 Å². The molecule has 0 aliphatic heterocycles. The van der Waals surface area contributed by atoms with Crippen LogP contribution in [0.1, 0.15) is 24.4 Å². The molecule has 5 rings (SSSR count). The van der Waals surface area contributed by atoms with E-state index in [1.807, 2.05) is 28.8 Å². The topological polar surface area (TPSA) is 108 Å². The quantitative estimate of drug-likeness (QED) is 0.706. The predicted molar refractivity (Wildman–Crippen MR) is 98.0 cm³/mol. The van der Waals surface area contributed by atoms with E-state index >= 15 is 0 Å². The van der Waals surface area contributed by atoms with Gasteiger partial charge in [-0.1, -0.05) is 12.1 Å². The average molecular weight is 367 g/mol. The van der Waals surface area contributed by atoms with Crippen molar-refractivity contribution in [1.82, 2.24) is 19.5 Å². The van der Waals surface area contributed by atoms with Crippen molar-refractivity contribution < 1.29 is 14.6 Å². The molecular formula is C19H21N5O3. The van der Waals surface area contributed by atoms with Crippen molar-refractivity contribution in [3.8, 4) is 5.75 Å². The van der Waals surface area contributed by atoms with Gasteiger partial charge in [-0.3, -0.25) is 0 Å². The lowest BCUT2D eigenvalue weighted by Gasteiger charge is -2.24. The van der Waals surface area contributed by atoms with E-state index < -0.39 is 5.60 Å². The van der Waals surface area contributed by atoms with E-state index in [4.69, 9.17) is 15.2 Å². The van der Waals surface area contributed by atoms with Gasteiger partial charge in [0.2, 0.25) is 0 Å². The Morgan fingerprint density at radius 1 is 1.22 bits per heavy atom. The second kappa shape index (κ2) is 5.90. The zero-order valence-electron chi connectivity index (χ0n) is 14.9. The molecule has 0 spiro atoms. The molecule has 3 N–H and O–H groups in total. The van der Waals surface area contributed by atoms with Crippen molar-refractivity contribution in [2.75, 3.05) is 12.8 Å². The number of fused-ring (bicyclic) bond motifs is 2. The van der Waals surface area contributed by atoms with Gasteiger partial charge in [-0.15, -0.1) is 0 Å². The van der Waals surface area contributed by atoms with Crippen LogP contribution >= 0.6 is 0 Å². The Hall–Kier alpha value is -2.71. The van der Waals surface area contributed by atoms with E-state index in [1.165, 1.54) is 6.33 Å². The number of anilines is 1. The summed E-state index contributed by atoms with van der Waals surface area (Å²) in [5.74, 6) is 1.32. The summed E-state index contributed by atoms with van der Waals surface area (Å²) in [5.41, 5.74) is 7.59. The van der Waals surface area contributed by atoms with Crippen molar-refractivity contribution in [2.24, 2.45) is 5.92 Å². The van der Waals surface area contributed by atoms with Crippen LogP contribution in [0.3, 0.4) is 0 Å². The Balaban J connectivity index is 1.40. The Labute approximate surface area is 156 Å². The highest BCUT2D eigenvalue weighted by Crippen LogP contribution is 2.61. The minimum absolute atomic E-state index is 0.0208. The van der Waals surface area contributed by atoms with Gasteiger partial charge < -0.3 is 24.9 Å². The first kappa shape index (κ1) is 16.5. The SMILES string of the molecule is COc1ccc(CO[C@H]2C[C@]3(O)C[C@@H]3[C@H]2n2cnc3c(N)ncnc32)cc1. The molecule has 27 heavy (non-hydrogen) atoms. The molecule has 8 nitrogen and oxygen atoms in total. The third-order valence-corrected chi connectivity index (χ3v) is 5.78. The zero-order chi connectivity index (χ0) is 18.6. The van der Waals surface area contributed by atoms with Crippen LogP contribution in [-0.2, 0) is 11.3 Å². The summed E-state index contributed by atoms with van der Waals surface area (Å²) < 4.78 is 13.4. The third-order valence-electron chi connectivity index (χ3n) is 5.78. The first-order chi connectivity index (χ1) is 13.1. The minimum atomic E-state index is -0.648. The fourth-order valence-electron chi connectivity index (χ4n) is 4.27. The van der Waals surface area contributed by atoms with Gasteiger partial charge in [0, 0.05) is 12.3 Å². The van der Waals surface area contributed by atoms with E-state index in [1.54, 1.807) is 13.4 Å². The second-order valence-corrected chi connectivity index (χ2v) is 7.39. The van der Waals surface area contributed by atoms with Crippen molar-refractivity contribution >= 4 is 17.0 Å². The first-order valence-electron chi connectivity index (χ1n) is 8.99. The highest BCUT2D eigenvalue weighted by molar-refractivity contribution is 5.81. The number of nitrogen functional groups attached to an aromatic ring is 1. The zero-order valence-corrected chi connectivity index (χ0v) is 14.9. The number of hydrogen-bond donors (Lipinski definition) is 2. The molecule has 0 amide bonds. The maximum Gasteiger partial charge on any atom is 0.165 e. The Morgan fingerprint density at radius 2 is 2.04 bits per heavy atom. The number of aliphatic hydroxyl groups is 1. The number of nitrogens with zero attached hydrogens (tertiary/aromatic N) is 4. The van der Waals surface area contributed by atoms with Crippen LogP contribution in [0.5, 0.6) is 5.75 Å². The fraction of sp³-hybridized carbons (Fsp3) is 0.421. The summed E-state index contributed by atoms with van der Waals surface area (Å²) >= 11 is 0. The van der Waals surface area contributed by atoms with Crippen molar-refractivity contribution in [1.29, 1.82) is 0 Å². The third kappa shape index (κ3) is 2.64. The highest BCUT2D eigenvalue weighted by atomic mass is 16.5. The summed E-state index contributed by atoms with van der Waals surface area (Å²) in [6, 6.07) is 7.78. The van der Waals surface area contributed by atoms with Gasteiger partial charge >= 0.3 is 0 Å². The molecule has 2 aliphatic carbocycles. The van der Waals surface area contributed by atoms with Gasteiger partial charge in [-0.05, 0) is 24.1 Å². The maximum absolute atomic E-state index is 10.7. The number of aromatic nitrogens is 4.